The fourth-order valence-electron chi connectivity index (χ4n) is 1.63. The van der Waals surface area contributed by atoms with Gasteiger partial charge in [-0.3, -0.25) is 9.97 Å². The number of nitrogens with one attached hydrogen (secondary N) is 1. The van der Waals surface area contributed by atoms with Crippen molar-refractivity contribution < 1.29 is 0 Å². The molecule has 1 N–H and O–H groups in total. The first-order valence-electron chi connectivity index (χ1n) is 4.43. The normalized spacial score (nSPS) is 23.8. The van der Waals surface area contributed by atoms with E-state index >= 15 is 0 Å². The SMILES string of the molecule is c1cnc(C2CCCNC2)cn1. The molecule has 0 saturated carbocycles. The van der Waals surface area contributed by atoms with E-state index in [1.165, 1.54) is 12.8 Å². The van der Waals surface area contributed by atoms with Gasteiger partial charge in [-0.15, -0.1) is 0 Å². The van der Waals surface area contributed by atoms with Crippen molar-refractivity contribution in [1.29, 1.82) is 0 Å². The number of aromatic nitrogens is 2. The lowest BCUT2D eigenvalue weighted by molar-refractivity contribution is 0.453. The Morgan fingerprint density at radius 3 is 3.08 bits per heavy atom. The van der Waals surface area contributed by atoms with Crippen LogP contribution in [0.3, 0.4) is 0 Å². The Balaban J connectivity index is 2.08. The molecule has 0 amide bonds. The third-order valence-corrected chi connectivity index (χ3v) is 2.30. The van der Waals surface area contributed by atoms with Crippen LogP contribution < -0.4 is 5.32 Å². The summed E-state index contributed by atoms with van der Waals surface area (Å²) in [5.41, 5.74) is 1.13. The molecule has 0 spiro atoms. The van der Waals surface area contributed by atoms with E-state index in [4.69, 9.17) is 0 Å². The van der Waals surface area contributed by atoms with E-state index in [-0.39, 0.29) is 0 Å². The first-order valence-corrected chi connectivity index (χ1v) is 4.43. The number of hydrogen-bond donors (Lipinski definition) is 1. The van der Waals surface area contributed by atoms with Crippen LogP contribution in [0.4, 0.5) is 0 Å². The molecule has 3 heteroatoms. The Kier molecular flexibility index (Phi) is 2.32. The van der Waals surface area contributed by atoms with Crippen molar-refractivity contribution in [3.63, 3.8) is 0 Å². The van der Waals surface area contributed by atoms with Gasteiger partial charge < -0.3 is 5.32 Å². The number of rotatable bonds is 1. The molecule has 1 atom stereocenters. The Hall–Kier alpha value is -0.960. The molecule has 1 aliphatic heterocycles. The van der Waals surface area contributed by atoms with Gasteiger partial charge in [-0.25, -0.2) is 0 Å². The fraction of sp³-hybridized carbons (Fsp3) is 0.556. The third-order valence-electron chi connectivity index (χ3n) is 2.30. The van der Waals surface area contributed by atoms with Gasteiger partial charge in [-0.2, -0.15) is 0 Å². The van der Waals surface area contributed by atoms with Crippen molar-refractivity contribution in [3.8, 4) is 0 Å². The van der Waals surface area contributed by atoms with Crippen molar-refractivity contribution in [2.45, 2.75) is 18.8 Å². The molecule has 0 aliphatic carbocycles. The van der Waals surface area contributed by atoms with Crippen LogP contribution in [0.5, 0.6) is 0 Å². The molecule has 1 aromatic heterocycles. The predicted octanol–water partition coefficient (Wildman–Crippen LogP) is 0.944. The summed E-state index contributed by atoms with van der Waals surface area (Å²) in [7, 11) is 0. The van der Waals surface area contributed by atoms with Crippen LogP contribution >= 0.6 is 0 Å². The van der Waals surface area contributed by atoms with Crippen LogP contribution in [0.25, 0.3) is 0 Å². The molecule has 2 heterocycles. The summed E-state index contributed by atoms with van der Waals surface area (Å²) in [5.74, 6) is 0.576. The summed E-state index contributed by atoms with van der Waals surface area (Å²) in [6, 6.07) is 0. The van der Waals surface area contributed by atoms with Gasteiger partial charge in [-0.1, -0.05) is 0 Å². The van der Waals surface area contributed by atoms with Gasteiger partial charge in [-0.05, 0) is 19.4 Å². The van der Waals surface area contributed by atoms with Gasteiger partial charge in [0.1, 0.15) is 0 Å². The second kappa shape index (κ2) is 3.63. The standard InChI is InChI=1S/C9H13N3/c1-2-8(6-10-3-1)9-7-11-4-5-12-9/h4-5,7-8,10H,1-3,6H2. The zero-order valence-corrected chi connectivity index (χ0v) is 7.03. The lowest BCUT2D eigenvalue weighted by atomic mass is 9.97. The molecular formula is C9H13N3. The van der Waals surface area contributed by atoms with E-state index in [2.05, 4.69) is 15.3 Å². The van der Waals surface area contributed by atoms with Crippen molar-refractivity contribution in [2.24, 2.45) is 0 Å². The van der Waals surface area contributed by atoms with E-state index in [1.54, 1.807) is 12.4 Å². The van der Waals surface area contributed by atoms with Crippen LogP contribution in [0.2, 0.25) is 0 Å². The number of hydrogen-bond acceptors (Lipinski definition) is 3. The number of nitrogens with zero attached hydrogens (tertiary/aromatic N) is 2. The number of piperidine rings is 1. The molecule has 0 aromatic carbocycles. The average molecular weight is 163 g/mol. The topological polar surface area (TPSA) is 37.8 Å². The quantitative estimate of drug-likeness (QED) is 0.669. The highest BCUT2D eigenvalue weighted by atomic mass is 14.9. The molecule has 1 saturated heterocycles. The van der Waals surface area contributed by atoms with Crippen molar-refractivity contribution in [3.05, 3.63) is 24.3 Å². The van der Waals surface area contributed by atoms with Crippen LogP contribution in [-0.2, 0) is 0 Å². The van der Waals surface area contributed by atoms with E-state index in [1.807, 2.05) is 6.20 Å². The van der Waals surface area contributed by atoms with E-state index in [0.29, 0.717) is 5.92 Å². The molecule has 3 nitrogen and oxygen atoms in total. The highest BCUT2D eigenvalue weighted by molar-refractivity contribution is 5.04. The lowest BCUT2D eigenvalue weighted by Gasteiger charge is -2.21. The molecule has 0 radical (unpaired) electrons. The summed E-state index contributed by atoms with van der Waals surface area (Å²) in [6.45, 7) is 2.20. The Morgan fingerprint density at radius 2 is 2.42 bits per heavy atom. The molecule has 1 aliphatic rings. The smallest absolute Gasteiger partial charge is 0.0630 e. The minimum absolute atomic E-state index is 0.576. The van der Waals surface area contributed by atoms with Gasteiger partial charge in [0.2, 0.25) is 0 Å². The Morgan fingerprint density at radius 1 is 1.42 bits per heavy atom. The highest BCUT2D eigenvalue weighted by Crippen LogP contribution is 2.19. The summed E-state index contributed by atoms with van der Waals surface area (Å²) in [5, 5.41) is 3.37. The minimum Gasteiger partial charge on any atom is -0.316 e. The van der Waals surface area contributed by atoms with Crippen LogP contribution in [-0.4, -0.2) is 23.1 Å². The fourth-order valence-corrected chi connectivity index (χ4v) is 1.63. The molecule has 0 bridgehead atoms. The molecule has 2 rings (SSSR count). The molecule has 64 valence electrons. The predicted molar refractivity (Wildman–Crippen MR) is 46.9 cm³/mol. The van der Waals surface area contributed by atoms with Crippen LogP contribution in [0.15, 0.2) is 18.6 Å². The monoisotopic (exact) mass is 163 g/mol. The molecule has 1 unspecified atom stereocenters. The largest absolute Gasteiger partial charge is 0.316 e. The van der Waals surface area contributed by atoms with E-state index in [0.717, 1.165) is 18.8 Å². The van der Waals surface area contributed by atoms with Gasteiger partial charge in [0, 0.05) is 31.1 Å². The first kappa shape index (κ1) is 7.68. The molecule has 1 fully saturated rings. The summed E-state index contributed by atoms with van der Waals surface area (Å²) in [6.07, 6.45) is 7.86. The maximum absolute atomic E-state index is 4.30. The summed E-state index contributed by atoms with van der Waals surface area (Å²) < 4.78 is 0. The second-order valence-corrected chi connectivity index (χ2v) is 3.17. The zero-order valence-electron chi connectivity index (χ0n) is 7.03. The first-order chi connectivity index (χ1) is 5.97. The lowest BCUT2D eigenvalue weighted by Crippen LogP contribution is -2.28. The molecular weight excluding hydrogens is 150 g/mol. The van der Waals surface area contributed by atoms with E-state index < -0.39 is 0 Å². The minimum atomic E-state index is 0.576. The van der Waals surface area contributed by atoms with Gasteiger partial charge in [0.05, 0.1) is 5.69 Å². The maximum atomic E-state index is 4.30. The Bertz CT molecular complexity index is 229. The maximum Gasteiger partial charge on any atom is 0.0630 e. The van der Waals surface area contributed by atoms with Crippen molar-refractivity contribution >= 4 is 0 Å². The Labute approximate surface area is 72.2 Å². The van der Waals surface area contributed by atoms with Gasteiger partial charge in [0.15, 0.2) is 0 Å². The van der Waals surface area contributed by atoms with Crippen molar-refractivity contribution in [1.82, 2.24) is 15.3 Å². The highest BCUT2D eigenvalue weighted by Gasteiger charge is 2.15. The second-order valence-electron chi connectivity index (χ2n) is 3.17. The van der Waals surface area contributed by atoms with Gasteiger partial charge in [0.25, 0.3) is 0 Å². The average Bonchev–Trinajstić information content (AvgIpc) is 2.21. The zero-order chi connectivity index (χ0) is 8.23. The third kappa shape index (κ3) is 1.61. The molecule has 1 aromatic rings. The van der Waals surface area contributed by atoms with Gasteiger partial charge >= 0.3 is 0 Å². The summed E-state index contributed by atoms with van der Waals surface area (Å²) in [4.78, 5) is 8.37. The molecule has 12 heavy (non-hydrogen) atoms. The van der Waals surface area contributed by atoms with Crippen molar-refractivity contribution in [2.75, 3.05) is 13.1 Å². The van der Waals surface area contributed by atoms with E-state index in [9.17, 15) is 0 Å². The van der Waals surface area contributed by atoms with Crippen LogP contribution in [0, 0.1) is 0 Å². The summed E-state index contributed by atoms with van der Waals surface area (Å²) >= 11 is 0. The van der Waals surface area contributed by atoms with Crippen LogP contribution in [0.1, 0.15) is 24.5 Å².